The molecule has 0 saturated heterocycles. The molecule has 4 heteroatoms. The molecule has 138 valence electrons. The molecule has 0 bridgehead atoms. The van der Waals surface area contributed by atoms with Crippen LogP contribution < -0.4 is 4.74 Å². The number of unbranched alkanes of at least 4 members (excludes halogenated alkanes) is 2. The Balaban J connectivity index is 1.95. The average Bonchev–Trinajstić information content (AvgIpc) is 2.64. The lowest BCUT2D eigenvalue weighted by Gasteiger charge is -2.19. The van der Waals surface area contributed by atoms with Crippen molar-refractivity contribution in [2.45, 2.75) is 45.4 Å². The summed E-state index contributed by atoms with van der Waals surface area (Å²) in [4.78, 5) is 0. The van der Waals surface area contributed by atoms with E-state index in [9.17, 15) is 13.2 Å². The minimum Gasteiger partial charge on any atom is -0.494 e. The summed E-state index contributed by atoms with van der Waals surface area (Å²) in [5.41, 5.74) is 3.15. The number of ether oxygens (including phenoxy) is 1. The lowest BCUT2D eigenvalue weighted by atomic mass is 9.87. The number of allylic oxidation sites excluding steroid dienone is 1. The van der Waals surface area contributed by atoms with Crippen LogP contribution in [0.3, 0.4) is 0 Å². The third-order valence-electron chi connectivity index (χ3n) is 4.96. The largest absolute Gasteiger partial charge is 0.494 e. The first-order chi connectivity index (χ1) is 12.5. The fourth-order valence-electron chi connectivity index (χ4n) is 3.47. The fraction of sp³-hybridized carbons (Fsp3) is 0.364. The quantitative estimate of drug-likeness (QED) is 0.522. The van der Waals surface area contributed by atoms with Crippen LogP contribution >= 0.6 is 0 Å². The van der Waals surface area contributed by atoms with Crippen LogP contribution in [0.1, 0.15) is 50.2 Å². The van der Waals surface area contributed by atoms with Gasteiger partial charge in [-0.2, -0.15) is 4.39 Å². The van der Waals surface area contributed by atoms with Gasteiger partial charge in [-0.05, 0) is 61.1 Å². The summed E-state index contributed by atoms with van der Waals surface area (Å²) in [5.74, 6) is -2.92. The Morgan fingerprint density at radius 3 is 2.50 bits per heavy atom. The zero-order valence-electron chi connectivity index (χ0n) is 15.2. The van der Waals surface area contributed by atoms with E-state index in [1.807, 2.05) is 6.08 Å². The van der Waals surface area contributed by atoms with Gasteiger partial charge in [0.2, 0.25) is 5.82 Å². The summed E-state index contributed by atoms with van der Waals surface area (Å²) in [5, 5.41) is 0. The van der Waals surface area contributed by atoms with Gasteiger partial charge in [-0.1, -0.05) is 31.4 Å². The lowest BCUT2D eigenvalue weighted by molar-refractivity contribution is 0.372. The van der Waals surface area contributed by atoms with Crippen molar-refractivity contribution < 1.29 is 17.9 Å². The zero-order valence-corrected chi connectivity index (χ0v) is 15.2. The molecule has 26 heavy (non-hydrogen) atoms. The van der Waals surface area contributed by atoms with Crippen molar-refractivity contribution in [3.8, 4) is 16.9 Å². The Morgan fingerprint density at radius 1 is 0.962 bits per heavy atom. The summed E-state index contributed by atoms with van der Waals surface area (Å²) in [7, 11) is 1.27. The standard InChI is InChI=1S/C22H23F3O/c1-3-4-5-6-14-7-8-15-12-18(19(23)13-16(15)11-14)17-9-10-20(26-2)22(25)21(17)24/h9-13H,3-8H2,1-2H3. The Hall–Kier alpha value is -2.23. The molecule has 0 saturated carbocycles. The first-order valence-electron chi connectivity index (χ1n) is 9.09. The van der Waals surface area contributed by atoms with Crippen LogP contribution in [0.25, 0.3) is 17.2 Å². The molecule has 0 unspecified atom stereocenters. The molecular formula is C22H23F3O. The smallest absolute Gasteiger partial charge is 0.201 e. The van der Waals surface area contributed by atoms with E-state index < -0.39 is 17.5 Å². The summed E-state index contributed by atoms with van der Waals surface area (Å²) in [6.45, 7) is 2.17. The maximum Gasteiger partial charge on any atom is 0.201 e. The van der Waals surface area contributed by atoms with Gasteiger partial charge in [0, 0.05) is 11.1 Å². The molecule has 1 nitrogen and oxygen atoms in total. The predicted octanol–water partition coefficient (Wildman–Crippen LogP) is 6.69. The number of aryl methyl sites for hydroxylation is 1. The van der Waals surface area contributed by atoms with Crippen LogP contribution in [0.2, 0.25) is 0 Å². The molecule has 1 aliphatic carbocycles. The number of hydrogen-bond acceptors (Lipinski definition) is 1. The van der Waals surface area contributed by atoms with Gasteiger partial charge in [0.25, 0.3) is 0 Å². The number of fused-ring (bicyclic) bond motifs is 1. The van der Waals surface area contributed by atoms with Crippen molar-refractivity contribution in [3.05, 3.63) is 58.4 Å². The highest BCUT2D eigenvalue weighted by atomic mass is 19.2. The Morgan fingerprint density at radius 2 is 1.77 bits per heavy atom. The predicted molar refractivity (Wildman–Crippen MR) is 98.7 cm³/mol. The highest BCUT2D eigenvalue weighted by Gasteiger charge is 2.20. The number of benzene rings is 2. The molecule has 0 atom stereocenters. The lowest BCUT2D eigenvalue weighted by Crippen LogP contribution is -2.03. The van der Waals surface area contributed by atoms with Crippen LogP contribution in [0.15, 0.2) is 29.8 Å². The maximum absolute atomic E-state index is 14.6. The van der Waals surface area contributed by atoms with Gasteiger partial charge in [0.1, 0.15) is 5.82 Å². The Labute approximate surface area is 152 Å². The van der Waals surface area contributed by atoms with Crippen molar-refractivity contribution in [1.29, 1.82) is 0 Å². The van der Waals surface area contributed by atoms with E-state index in [1.54, 1.807) is 6.07 Å². The van der Waals surface area contributed by atoms with Gasteiger partial charge in [0.05, 0.1) is 7.11 Å². The van der Waals surface area contributed by atoms with Crippen LogP contribution in [-0.2, 0) is 6.42 Å². The van der Waals surface area contributed by atoms with Gasteiger partial charge < -0.3 is 4.74 Å². The molecular weight excluding hydrogens is 337 g/mol. The first kappa shape index (κ1) is 18.6. The van der Waals surface area contributed by atoms with Crippen LogP contribution in [0.5, 0.6) is 5.75 Å². The molecule has 1 aliphatic rings. The topological polar surface area (TPSA) is 9.23 Å². The molecule has 2 aromatic rings. The van der Waals surface area contributed by atoms with Gasteiger partial charge in [-0.3, -0.25) is 0 Å². The van der Waals surface area contributed by atoms with E-state index in [1.165, 1.54) is 43.7 Å². The average molecular weight is 360 g/mol. The number of methoxy groups -OCH3 is 1. The molecule has 0 fully saturated rings. The van der Waals surface area contributed by atoms with E-state index in [2.05, 4.69) is 6.92 Å². The zero-order chi connectivity index (χ0) is 18.7. The maximum atomic E-state index is 14.6. The third-order valence-corrected chi connectivity index (χ3v) is 4.96. The van der Waals surface area contributed by atoms with Gasteiger partial charge in [-0.25, -0.2) is 8.78 Å². The first-order valence-corrected chi connectivity index (χ1v) is 9.09. The highest BCUT2D eigenvalue weighted by Crippen LogP contribution is 2.35. The van der Waals surface area contributed by atoms with Crippen molar-refractivity contribution in [1.82, 2.24) is 0 Å². The van der Waals surface area contributed by atoms with Crippen LogP contribution in [0.4, 0.5) is 13.2 Å². The molecule has 0 spiro atoms. The monoisotopic (exact) mass is 360 g/mol. The molecule has 2 aromatic carbocycles. The molecule has 0 heterocycles. The molecule has 0 N–H and O–H groups in total. The highest BCUT2D eigenvalue weighted by molar-refractivity contribution is 5.71. The SMILES string of the molecule is CCCCCC1=Cc2cc(F)c(-c3ccc(OC)c(F)c3F)cc2CC1. The number of halogens is 3. The molecule has 0 aromatic heterocycles. The minimum absolute atomic E-state index is 0.0821. The van der Waals surface area contributed by atoms with Crippen molar-refractivity contribution >= 4 is 6.08 Å². The van der Waals surface area contributed by atoms with E-state index in [4.69, 9.17) is 4.74 Å². The number of rotatable bonds is 6. The Kier molecular flexibility index (Phi) is 5.70. The second kappa shape index (κ2) is 7.98. The van der Waals surface area contributed by atoms with Crippen LogP contribution in [-0.4, -0.2) is 7.11 Å². The van der Waals surface area contributed by atoms with Gasteiger partial charge in [-0.15, -0.1) is 0 Å². The van der Waals surface area contributed by atoms with Crippen molar-refractivity contribution in [3.63, 3.8) is 0 Å². The molecule has 0 radical (unpaired) electrons. The Bertz CT molecular complexity index is 840. The van der Waals surface area contributed by atoms with E-state index in [0.717, 1.165) is 36.8 Å². The molecule has 0 amide bonds. The summed E-state index contributed by atoms with van der Waals surface area (Å²) in [6, 6.07) is 5.76. The molecule has 0 aliphatic heterocycles. The van der Waals surface area contributed by atoms with Gasteiger partial charge in [0.15, 0.2) is 11.6 Å². The van der Waals surface area contributed by atoms with E-state index >= 15 is 0 Å². The van der Waals surface area contributed by atoms with Crippen molar-refractivity contribution in [2.24, 2.45) is 0 Å². The number of hydrogen-bond donors (Lipinski definition) is 0. The summed E-state index contributed by atoms with van der Waals surface area (Å²) in [6.07, 6.45) is 8.32. The van der Waals surface area contributed by atoms with Gasteiger partial charge >= 0.3 is 0 Å². The minimum atomic E-state index is -1.10. The van der Waals surface area contributed by atoms with Crippen molar-refractivity contribution in [2.75, 3.05) is 7.11 Å². The summed E-state index contributed by atoms with van der Waals surface area (Å²) >= 11 is 0. The fourth-order valence-corrected chi connectivity index (χ4v) is 3.47. The van der Waals surface area contributed by atoms with E-state index in [-0.39, 0.29) is 16.9 Å². The second-order valence-corrected chi connectivity index (χ2v) is 6.73. The molecule has 3 rings (SSSR count). The third kappa shape index (κ3) is 3.64. The second-order valence-electron chi connectivity index (χ2n) is 6.73. The van der Waals surface area contributed by atoms with Crippen LogP contribution in [0, 0.1) is 17.5 Å². The normalized spacial score (nSPS) is 13.3. The summed E-state index contributed by atoms with van der Waals surface area (Å²) < 4.78 is 47.7. The van der Waals surface area contributed by atoms with E-state index in [0.29, 0.717) is 0 Å².